The molecule has 2 N–H and O–H groups in total. The van der Waals surface area contributed by atoms with E-state index in [0.717, 1.165) is 22.3 Å². The Balaban J connectivity index is 1.36. The molecule has 9 heteroatoms. The van der Waals surface area contributed by atoms with Crippen molar-refractivity contribution in [1.82, 2.24) is 5.32 Å². The second-order valence-corrected chi connectivity index (χ2v) is 11.2. The number of carbonyl (C=O) groups excluding carboxylic acids is 1. The highest BCUT2D eigenvalue weighted by Gasteiger charge is 2.30. The van der Waals surface area contributed by atoms with Crippen LogP contribution in [0.1, 0.15) is 36.5 Å². The highest BCUT2D eigenvalue weighted by molar-refractivity contribution is 7.53. The van der Waals surface area contributed by atoms with E-state index in [-0.39, 0.29) is 25.0 Å². The lowest BCUT2D eigenvalue weighted by atomic mass is 9.98. The van der Waals surface area contributed by atoms with Crippen molar-refractivity contribution in [3.8, 4) is 16.9 Å². The summed E-state index contributed by atoms with van der Waals surface area (Å²) in [5.41, 5.74) is 5.01. The van der Waals surface area contributed by atoms with Crippen LogP contribution in [0.2, 0.25) is 0 Å². The molecule has 0 saturated carbocycles. The third-order valence-electron chi connectivity index (χ3n) is 5.97. The molecule has 2 atom stereocenters. The van der Waals surface area contributed by atoms with Gasteiger partial charge in [-0.1, -0.05) is 60.7 Å². The Bertz CT molecular complexity index is 1280. The van der Waals surface area contributed by atoms with Crippen molar-refractivity contribution in [1.29, 1.82) is 0 Å². The molecule has 0 saturated heterocycles. The molecular weight excluding hydrogens is 493 g/mol. The Kier molecular flexibility index (Phi) is 8.00. The monoisotopic (exact) mass is 523 g/mol. The third kappa shape index (κ3) is 6.59. The van der Waals surface area contributed by atoms with Gasteiger partial charge in [0.2, 0.25) is 0 Å². The molecule has 1 aliphatic carbocycles. The number of alkyl carbamates (subject to hydrolysis) is 1. The molecule has 8 nitrogen and oxygen atoms in total. The first kappa shape index (κ1) is 26.5. The fraction of sp³-hybridized carbons (Fsp3) is 0.286. The molecule has 0 fully saturated rings. The molecule has 37 heavy (non-hydrogen) atoms. The number of fused-ring (bicyclic) bond motifs is 3. The minimum absolute atomic E-state index is 0.0338. The molecule has 1 unspecified atom stereocenters. The van der Waals surface area contributed by atoms with Crippen LogP contribution < -0.4 is 9.84 Å². The van der Waals surface area contributed by atoms with Crippen LogP contribution in [0.3, 0.4) is 0 Å². The van der Waals surface area contributed by atoms with Gasteiger partial charge >= 0.3 is 19.7 Å². The first-order valence-electron chi connectivity index (χ1n) is 12.0. The number of nitrogens with one attached hydrogen (secondary N) is 1. The molecule has 194 valence electrons. The van der Waals surface area contributed by atoms with Crippen molar-refractivity contribution in [2.75, 3.05) is 13.3 Å². The van der Waals surface area contributed by atoms with Crippen LogP contribution in [-0.4, -0.2) is 42.6 Å². The summed E-state index contributed by atoms with van der Waals surface area (Å²) in [4.78, 5) is 24.4. The number of carboxylic acids is 1. The quantitative estimate of drug-likeness (QED) is 0.321. The minimum Gasteiger partial charge on any atom is -0.480 e. The SMILES string of the molecule is CC(C)OP(C)(=O)Oc1ccc(C[C@H](NC(=O)OCC2c3ccccc3-c3ccccc32)C(=O)O)cc1. The number of rotatable bonds is 10. The Hall–Kier alpha value is -3.61. The van der Waals surface area contributed by atoms with Gasteiger partial charge in [-0.3, -0.25) is 4.52 Å². The second-order valence-electron chi connectivity index (χ2n) is 9.23. The van der Waals surface area contributed by atoms with Gasteiger partial charge in [0.25, 0.3) is 0 Å². The Morgan fingerprint density at radius 2 is 1.51 bits per heavy atom. The van der Waals surface area contributed by atoms with Gasteiger partial charge in [0.05, 0.1) is 6.10 Å². The Labute approximate surface area is 216 Å². The van der Waals surface area contributed by atoms with E-state index in [0.29, 0.717) is 11.3 Å². The third-order valence-corrected chi connectivity index (χ3v) is 7.32. The zero-order valence-corrected chi connectivity index (χ0v) is 21.8. The number of carboxylic acid groups (broad SMARTS) is 1. The van der Waals surface area contributed by atoms with Crippen LogP contribution in [-0.2, 0) is 25.0 Å². The van der Waals surface area contributed by atoms with E-state index in [4.69, 9.17) is 13.8 Å². The number of ether oxygens (including phenoxy) is 1. The molecule has 3 aromatic rings. The number of carbonyl (C=O) groups is 2. The fourth-order valence-corrected chi connectivity index (χ4v) is 5.81. The van der Waals surface area contributed by atoms with Crippen LogP contribution >= 0.6 is 7.60 Å². The lowest BCUT2D eigenvalue weighted by molar-refractivity contribution is -0.139. The first-order valence-corrected chi connectivity index (χ1v) is 14.0. The van der Waals surface area contributed by atoms with E-state index in [9.17, 15) is 19.3 Å². The largest absolute Gasteiger partial charge is 0.480 e. The van der Waals surface area contributed by atoms with E-state index in [2.05, 4.69) is 5.32 Å². The maximum Gasteiger partial charge on any atom is 0.407 e. The fourth-order valence-electron chi connectivity index (χ4n) is 4.50. The predicted molar refractivity (Wildman–Crippen MR) is 140 cm³/mol. The lowest BCUT2D eigenvalue weighted by Gasteiger charge is -2.19. The number of aliphatic carboxylic acids is 1. The summed E-state index contributed by atoms with van der Waals surface area (Å²) in [6, 6.07) is 21.2. The van der Waals surface area contributed by atoms with Gasteiger partial charge in [-0.05, 0) is 53.8 Å². The summed E-state index contributed by atoms with van der Waals surface area (Å²) in [5.74, 6) is -0.966. The van der Waals surface area contributed by atoms with E-state index in [1.54, 1.807) is 38.1 Å². The molecule has 0 bridgehead atoms. The maximum atomic E-state index is 12.6. The van der Waals surface area contributed by atoms with Crippen LogP contribution in [0.4, 0.5) is 4.79 Å². The maximum absolute atomic E-state index is 12.6. The van der Waals surface area contributed by atoms with E-state index >= 15 is 0 Å². The zero-order valence-electron chi connectivity index (χ0n) is 20.9. The van der Waals surface area contributed by atoms with E-state index in [1.165, 1.54) is 6.66 Å². The van der Waals surface area contributed by atoms with E-state index < -0.39 is 25.7 Å². The standard InChI is InChI=1S/C28H30NO7P/c1-18(2)35-37(3,33)36-20-14-12-19(13-15-20)16-26(27(30)31)29-28(32)34-17-25-23-10-6-4-8-21(23)22-9-5-7-11-24(22)25/h4-15,18,25-26H,16-17H2,1-3H3,(H,29,32)(H,30,31)/t26-,37?/m0/s1. The normalized spacial score (nSPS) is 14.8. The van der Waals surface area contributed by atoms with Crippen molar-refractivity contribution in [3.05, 3.63) is 89.5 Å². The minimum atomic E-state index is -3.27. The Morgan fingerprint density at radius 3 is 2.05 bits per heavy atom. The number of amides is 1. The van der Waals surface area contributed by atoms with Gasteiger partial charge in [0, 0.05) is 19.0 Å². The summed E-state index contributed by atoms with van der Waals surface area (Å²) in [7, 11) is -3.27. The van der Waals surface area contributed by atoms with E-state index in [1.807, 2.05) is 48.5 Å². The smallest absolute Gasteiger partial charge is 0.407 e. The number of hydrogen-bond donors (Lipinski definition) is 2. The summed E-state index contributed by atoms with van der Waals surface area (Å²) >= 11 is 0. The lowest BCUT2D eigenvalue weighted by Crippen LogP contribution is -2.42. The molecule has 0 aliphatic heterocycles. The first-order chi connectivity index (χ1) is 17.6. The van der Waals surface area contributed by atoms with Gasteiger partial charge < -0.3 is 19.7 Å². The summed E-state index contributed by atoms with van der Waals surface area (Å²) in [6.07, 6.45) is -1.02. The molecule has 1 amide bonds. The predicted octanol–water partition coefficient (Wildman–Crippen LogP) is 5.85. The second kappa shape index (κ2) is 11.2. The van der Waals surface area contributed by atoms with Crippen molar-refractivity contribution >= 4 is 19.7 Å². The van der Waals surface area contributed by atoms with Crippen LogP contribution in [0.5, 0.6) is 5.75 Å². The topological polar surface area (TPSA) is 111 Å². The van der Waals surface area contributed by atoms with Crippen molar-refractivity contribution in [3.63, 3.8) is 0 Å². The Morgan fingerprint density at radius 1 is 0.946 bits per heavy atom. The number of benzene rings is 3. The van der Waals surface area contributed by atoms with Gasteiger partial charge in [-0.15, -0.1) is 0 Å². The van der Waals surface area contributed by atoms with Crippen molar-refractivity contribution < 1.29 is 33.0 Å². The summed E-state index contributed by atoms with van der Waals surface area (Å²) in [6.45, 7) is 5.00. The van der Waals surface area contributed by atoms with Crippen LogP contribution in [0, 0.1) is 0 Å². The van der Waals surface area contributed by atoms with Gasteiger partial charge in [0.15, 0.2) is 0 Å². The zero-order chi connectivity index (χ0) is 26.6. The molecule has 0 aromatic heterocycles. The molecule has 4 rings (SSSR count). The van der Waals surface area contributed by atoms with Crippen LogP contribution in [0.15, 0.2) is 72.8 Å². The molecule has 0 spiro atoms. The number of hydrogen-bond acceptors (Lipinski definition) is 6. The van der Waals surface area contributed by atoms with Gasteiger partial charge in [-0.25, -0.2) is 14.2 Å². The summed E-state index contributed by atoms with van der Waals surface area (Å²) in [5, 5.41) is 12.1. The highest BCUT2D eigenvalue weighted by atomic mass is 31.2. The molecular formula is C28H30NO7P. The molecule has 0 radical (unpaired) electrons. The average molecular weight is 524 g/mol. The molecule has 1 aliphatic rings. The van der Waals surface area contributed by atoms with Gasteiger partial charge in [0.1, 0.15) is 18.4 Å². The summed E-state index contributed by atoms with van der Waals surface area (Å²) < 4.78 is 28.6. The van der Waals surface area contributed by atoms with Gasteiger partial charge in [-0.2, -0.15) is 0 Å². The molecule has 3 aromatic carbocycles. The highest BCUT2D eigenvalue weighted by Crippen LogP contribution is 2.46. The average Bonchev–Trinajstić information content (AvgIpc) is 3.16. The van der Waals surface area contributed by atoms with Crippen molar-refractivity contribution in [2.24, 2.45) is 0 Å². The van der Waals surface area contributed by atoms with Crippen molar-refractivity contribution in [2.45, 2.75) is 38.3 Å². The van der Waals surface area contributed by atoms with Crippen LogP contribution in [0.25, 0.3) is 11.1 Å². The molecule has 0 heterocycles.